The lowest BCUT2D eigenvalue weighted by Gasteiger charge is -2.33. The third-order valence-corrected chi connectivity index (χ3v) is 9.08. The highest BCUT2D eigenvalue weighted by molar-refractivity contribution is 6.00. The van der Waals surface area contributed by atoms with Crippen LogP contribution in [0.15, 0.2) is 60.7 Å². The number of carbonyl (C=O) groups is 3. The molecule has 2 rings (SSSR count). The van der Waals surface area contributed by atoms with Crippen molar-refractivity contribution < 1.29 is 28.6 Å². The van der Waals surface area contributed by atoms with Crippen LogP contribution in [0.25, 0.3) is 0 Å². The van der Waals surface area contributed by atoms with Crippen molar-refractivity contribution in [3.8, 4) is 0 Å². The van der Waals surface area contributed by atoms with Crippen LogP contribution in [0, 0.1) is 5.41 Å². The van der Waals surface area contributed by atoms with Gasteiger partial charge in [0.05, 0.1) is 0 Å². The molecule has 0 aliphatic carbocycles. The third kappa shape index (κ3) is 19.0. The van der Waals surface area contributed by atoms with Crippen molar-refractivity contribution in [2.24, 2.45) is 5.41 Å². The Morgan fingerprint density at radius 1 is 0.510 bits per heavy atom. The summed E-state index contributed by atoms with van der Waals surface area (Å²) < 4.78 is 17.2. The van der Waals surface area contributed by atoms with Gasteiger partial charge in [0.15, 0.2) is 5.41 Å². The van der Waals surface area contributed by atoms with Crippen molar-refractivity contribution in [2.45, 2.75) is 175 Å². The van der Waals surface area contributed by atoms with Crippen molar-refractivity contribution in [1.29, 1.82) is 0 Å². The van der Waals surface area contributed by atoms with Gasteiger partial charge in [-0.1, -0.05) is 170 Å². The zero-order chi connectivity index (χ0) is 35.6. The molecule has 6 nitrogen and oxygen atoms in total. The lowest BCUT2D eigenvalue weighted by Crippen LogP contribution is -2.44. The van der Waals surface area contributed by atoms with Crippen molar-refractivity contribution in [3.05, 3.63) is 71.8 Å². The summed E-state index contributed by atoms with van der Waals surface area (Å²) in [6, 6.07) is 19.4. The Labute approximate surface area is 298 Å². The fourth-order valence-corrected chi connectivity index (χ4v) is 6.16. The molecule has 2 aromatic carbocycles. The molecule has 274 valence electrons. The number of unbranched alkanes of at least 4 members (excludes halogenated alkanes) is 15. The minimum Gasteiger partial charge on any atom is -0.461 e. The summed E-state index contributed by atoms with van der Waals surface area (Å²) in [6.45, 7) is 8.29. The van der Waals surface area contributed by atoms with E-state index >= 15 is 0 Å². The van der Waals surface area contributed by atoms with E-state index in [9.17, 15) is 14.4 Å². The molecule has 0 bridgehead atoms. The second-order valence-corrected chi connectivity index (χ2v) is 14.7. The van der Waals surface area contributed by atoms with Crippen molar-refractivity contribution in [1.82, 2.24) is 0 Å². The van der Waals surface area contributed by atoms with Crippen LogP contribution in [0.3, 0.4) is 0 Å². The maximum atomic E-state index is 13.9. The third-order valence-electron chi connectivity index (χ3n) is 9.08. The molecule has 0 fully saturated rings. The Morgan fingerprint density at radius 3 is 1.37 bits per heavy atom. The van der Waals surface area contributed by atoms with Crippen LogP contribution >= 0.6 is 0 Å². The van der Waals surface area contributed by atoms with Crippen LogP contribution in [-0.2, 0) is 41.8 Å². The molecule has 1 unspecified atom stereocenters. The lowest BCUT2D eigenvalue weighted by molar-refractivity contribution is -0.182. The van der Waals surface area contributed by atoms with E-state index in [1.54, 1.807) is 0 Å². The molecular formula is C43H66O6. The predicted octanol–water partition coefficient (Wildman–Crippen LogP) is 11.6. The number of carbonyl (C=O) groups excluding carboxylic acids is 3. The quantitative estimate of drug-likeness (QED) is 0.0405. The van der Waals surface area contributed by atoms with E-state index < -0.39 is 23.0 Å². The van der Waals surface area contributed by atoms with Gasteiger partial charge in [-0.2, -0.15) is 0 Å². The molecule has 0 saturated heterocycles. The first kappa shape index (κ1) is 42.0. The predicted molar refractivity (Wildman–Crippen MR) is 199 cm³/mol. The minimum atomic E-state index is -1.29. The van der Waals surface area contributed by atoms with E-state index in [1.807, 2.05) is 81.4 Å². The van der Waals surface area contributed by atoms with Crippen LogP contribution in [0.2, 0.25) is 0 Å². The Kier molecular flexibility index (Phi) is 21.4. The van der Waals surface area contributed by atoms with Gasteiger partial charge >= 0.3 is 17.9 Å². The average molecular weight is 679 g/mol. The molecule has 0 saturated carbocycles. The van der Waals surface area contributed by atoms with E-state index in [0.717, 1.165) is 81.8 Å². The molecule has 0 spiro atoms. The Bertz CT molecular complexity index is 1160. The molecule has 0 aromatic heterocycles. The molecule has 1 atom stereocenters. The summed E-state index contributed by atoms with van der Waals surface area (Å²) in [7, 11) is 0. The normalized spacial score (nSPS) is 12.7. The SMILES string of the molecule is CCCCCCCCCCCC(CCCCCCCCCCC(=O)OCc1ccccc1)(C(=O)OCc1ccccc1)C(=O)OC(C)(C)C. The van der Waals surface area contributed by atoms with E-state index in [4.69, 9.17) is 14.2 Å². The zero-order valence-corrected chi connectivity index (χ0v) is 31.3. The van der Waals surface area contributed by atoms with Gasteiger partial charge in [0.25, 0.3) is 0 Å². The maximum absolute atomic E-state index is 13.9. The number of hydrogen-bond donors (Lipinski definition) is 0. The van der Waals surface area contributed by atoms with Gasteiger partial charge in [-0.05, 0) is 51.2 Å². The summed E-state index contributed by atoms with van der Waals surface area (Å²) in [5.41, 5.74) is -0.0786. The Hall–Kier alpha value is -3.15. The maximum Gasteiger partial charge on any atom is 0.324 e. The first-order valence-corrected chi connectivity index (χ1v) is 19.3. The van der Waals surface area contributed by atoms with Crippen LogP contribution in [0.5, 0.6) is 0 Å². The van der Waals surface area contributed by atoms with Crippen LogP contribution < -0.4 is 0 Å². The van der Waals surface area contributed by atoms with Crippen LogP contribution in [0.4, 0.5) is 0 Å². The molecule has 49 heavy (non-hydrogen) atoms. The molecule has 0 aliphatic heterocycles. The topological polar surface area (TPSA) is 78.9 Å². The summed E-state index contributed by atoms with van der Waals surface area (Å²) in [6.07, 6.45) is 19.7. The first-order chi connectivity index (χ1) is 23.7. The number of benzene rings is 2. The fraction of sp³-hybridized carbons (Fsp3) is 0.651. The van der Waals surface area contributed by atoms with Gasteiger partial charge in [0.1, 0.15) is 18.8 Å². The lowest BCUT2D eigenvalue weighted by atomic mass is 9.77. The first-order valence-electron chi connectivity index (χ1n) is 19.3. The molecular weight excluding hydrogens is 612 g/mol. The summed E-state index contributed by atoms with van der Waals surface area (Å²) >= 11 is 0. The Balaban J connectivity index is 1.85. The van der Waals surface area contributed by atoms with Gasteiger partial charge in [-0.15, -0.1) is 0 Å². The molecule has 2 aromatic rings. The fourth-order valence-electron chi connectivity index (χ4n) is 6.16. The molecule has 6 heteroatoms. The van der Waals surface area contributed by atoms with Crippen LogP contribution in [-0.4, -0.2) is 23.5 Å². The van der Waals surface area contributed by atoms with Crippen molar-refractivity contribution in [3.63, 3.8) is 0 Å². The number of hydrogen-bond acceptors (Lipinski definition) is 6. The molecule has 0 amide bonds. The molecule has 0 N–H and O–H groups in total. The highest BCUT2D eigenvalue weighted by Gasteiger charge is 2.49. The molecule has 0 radical (unpaired) electrons. The second-order valence-electron chi connectivity index (χ2n) is 14.7. The second kappa shape index (κ2) is 24.9. The summed E-state index contributed by atoms with van der Waals surface area (Å²) in [5.74, 6) is -1.03. The van der Waals surface area contributed by atoms with Gasteiger partial charge in [0.2, 0.25) is 0 Å². The van der Waals surface area contributed by atoms with Crippen molar-refractivity contribution in [2.75, 3.05) is 0 Å². The van der Waals surface area contributed by atoms with Gasteiger partial charge in [0, 0.05) is 6.42 Å². The van der Waals surface area contributed by atoms with Crippen LogP contribution in [0.1, 0.15) is 167 Å². The highest BCUT2D eigenvalue weighted by atomic mass is 16.6. The Morgan fingerprint density at radius 2 is 0.918 bits per heavy atom. The smallest absolute Gasteiger partial charge is 0.324 e. The number of ether oxygens (including phenoxy) is 3. The monoisotopic (exact) mass is 678 g/mol. The van der Waals surface area contributed by atoms with E-state index in [2.05, 4.69) is 6.92 Å². The van der Waals surface area contributed by atoms with Crippen molar-refractivity contribution >= 4 is 17.9 Å². The van der Waals surface area contributed by atoms with Gasteiger partial charge < -0.3 is 14.2 Å². The average Bonchev–Trinajstić information content (AvgIpc) is 3.09. The van der Waals surface area contributed by atoms with Gasteiger partial charge in [-0.25, -0.2) is 0 Å². The van der Waals surface area contributed by atoms with E-state index in [0.29, 0.717) is 25.9 Å². The van der Waals surface area contributed by atoms with E-state index in [1.165, 1.54) is 38.5 Å². The molecule has 0 aliphatic rings. The van der Waals surface area contributed by atoms with Gasteiger partial charge in [-0.3, -0.25) is 14.4 Å². The largest absolute Gasteiger partial charge is 0.461 e. The molecule has 0 heterocycles. The number of esters is 3. The zero-order valence-electron chi connectivity index (χ0n) is 31.3. The van der Waals surface area contributed by atoms with E-state index in [-0.39, 0.29) is 12.6 Å². The minimum absolute atomic E-state index is 0.137. The standard InChI is InChI=1S/C43H66O6/c1-5-6-7-8-9-11-14-17-26-33-43(41(46)49-42(2,3)4,40(45)48-36-38-30-23-20-24-31-38)34-27-18-15-12-10-13-16-25-32-39(44)47-35-37-28-21-19-22-29-37/h19-24,28-31H,5-18,25-27,32-36H2,1-4H3. The summed E-state index contributed by atoms with van der Waals surface area (Å²) in [5, 5.41) is 0. The number of rotatable bonds is 27. The highest BCUT2D eigenvalue weighted by Crippen LogP contribution is 2.37. The summed E-state index contributed by atoms with van der Waals surface area (Å²) in [4.78, 5) is 39.8.